The van der Waals surface area contributed by atoms with E-state index in [1.165, 1.54) is 15.5 Å². The Morgan fingerprint density at radius 2 is 2.07 bits per heavy atom. The van der Waals surface area contributed by atoms with Gasteiger partial charge in [0, 0.05) is 17.5 Å². The van der Waals surface area contributed by atoms with E-state index >= 15 is 0 Å². The molecule has 0 aliphatic heterocycles. The molecule has 3 aromatic rings. The maximum absolute atomic E-state index is 13.4. The van der Waals surface area contributed by atoms with Crippen molar-refractivity contribution in [3.05, 3.63) is 56.2 Å². The number of Topliss-reactive ketones (excluding diaryl/α,β-unsaturated/α-hetero) is 1. The van der Waals surface area contributed by atoms with E-state index in [0.29, 0.717) is 15.4 Å². The quantitative estimate of drug-likeness (QED) is 0.371. The zero-order valence-corrected chi connectivity index (χ0v) is 16.3. The van der Waals surface area contributed by atoms with Crippen molar-refractivity contribution in [3.8, 4) is 0 Å². The summed E-state index contributed by atoms with van der Waals surface area (Å²) in [4.78, 5) is 31.9. The van der Waals surface area contributed by atoms with E-state index in [2.05, 4.69) is 4.98 Å². The number of benzene rings is 1. The summed E-state index contributed by atoms with van der Waals surface area (Å²) in [7, 11) is 1.64. The number of hydrogen-bond acceptors (Lipinski definition) is 5. The molecule has 0 amide bonds. The molecule has 27 heavy (non-hydrogen) atoms. The number of hydrogen-bond donors (Lipinski definition) is 0. The lowest BCUT2D eigenvalue weighted by molar-refractivity contribution is 0.0993. The first-order chi connectivity index (χ1) is 12.9. The average molecular weight is 406 g/mol. The first-order valence-electron chi connectivity index (χ1n) is 8.54. The van der Waals surface area contributed by atoms with E-state index < -0.39 is 16.9 Å². The summed E-state index contributed by atoms with van der Waals surface area (Å²) in [5.74, 6) is -2.40. The molecule has 1 atom stereocenters. The standard InChI is InChI=1S/C19H16F2N2O2S2/c1-9(16(24)10-6-7-12(20)13(21)8-10)26-19-22-17-15(18(25)23(19)2)11-4-3-5-14(11)27-17/h6-9H,3-5H2,1-2H3/t9-/m1/s1. The first-order valence-corrected chi connectivity index (χ1v) is 10.2. The number of thiophene rings is 1. The van der Waals surface area contributed by atoms with Crippen molar-refractivity contribution in [2.24, 2.45) is 7.05 Å². The maximum atomic E-state index is 13.4. The van der Waals surface area contributed by atoms with Crippen molar-refractivity contribution in [1.82, 2.24) is 9.55 Å². The number of carbonyl (C=O) groups excluding carboxylic acids is 1. The molecule has 0 saturated heterocycles. The molecule has 4 rings (SSSR count). The lowest BCUT2D eigenvalue weighted by Gasteiger charge is -2.13. The number of aromatic nitrogens is 2. The number of halogens is 2. The van der Waals surface area contributed by atoms with Crippen molar-refractivity contribution in [2.75, 3.05) is 0 Å². The van der Waals surface area contributed by atoms with Gasteiger partial charge in [-0.05, 0) is 49.9 Å². The van der Waals surface area contributed by atoms with Crippen LogP contribution in [0.4, 0.5) is 8.78 Å². The molecule has 8 heteroatoms. The molecular weight excluding hydrogens is 390 g/mol. The van der Waals surface area contributed by atoms with Crippen LogP contribution in [0, 0.1) is 11.6 Å². The molecule has 1 aliphatic carbocycles. The predicted octanol–water partition coefficient (Wildman–Crippen LogP) is 4.13. The van der Waals surface area contributed by atoms with Gasteiger partial charge in [-0.25, -0.2) is 13.8 Å². The van der Waals surface area contributed by atoms with Crippen molar-refractivity contribution >= 4 is 39.1 Å². The number of aryl methyl sites for hydroxylation is 2. The molecule has 0 unspecified atom stereocenters. The highest BCUT2D eigenvalue weighted by Gasteiger charge is 2.24. The van der Waals surface area contributed by atoms with Gasteiger partial charge in [-0.3, -0.25) is 14.2 Å². The summed E-state index contributed by atoms with van der Waals surface area (Å²) in [6.45, 7) is 1.67. The van der Waals surface area contributed by atoms with Gasteiger partial charge >= 0.3 is 0 Å². The number of thioether (sulfide) groups is 1. The molecule has 0 saturated carbocycles. The summed E-state index contributed by atoms with van der Waals surface area (Å²) >= 11 is 2.69. The van der Waals surface area contributed by atoms with Crippen LogP contribution < -0.4 is 5.56 Å². The third-order valence-electron chi connectivity index (χ3n) is 4.76. The first kappa shape index (κ1) is 18.3. The highest BCUT2D eigenvalue weighted by molar-refractivity contribution is 8.00. The molecule has 0 radical (unpaired) electrons. The van der Waals surface area contributed by atoms with Gasteiger partial charge in [-0.1, -0.05) is 11.8 Å². The molecule has 140 valence electrons. The van der Waals surface area contributed by atoms with Crippen LogP contribution in [0.25, 0.3) is 10.2 Å². The summed E-state index contributed by atoms with van der Waals surface area (Å²) in [6.07, 6.45) is 2.95. The molecule has 0 N–H and O–H groups in total. The SMILES string of the molecule is C[C@@H](Sc1nc2sc3c(c2c(=O)n1C)CCC3)C(=O)c1ccc(F)c(F)c1. The Kier molecular flexibility index (Phi) is 4.63. The van der Waals surface area contributed by atoms with Crippen LogP contribution in [0.3, 0.4) is 0 Å². The molecule has 1 aliphatic rings. The second kappa shape index (κ2) is 6.83. The summed E-state index contributed by atoms with van der Waals surface area (Å²) in [6, 6.07) is 3.10. The monoisotopic (exact) mass is 406 g/mol. The number of rotatable bonds is 4. The largest absolute Gasteiger partial charge is 0.293 e. The lowest BCUT2D eigenvalue weighted by Crippen LogP contribution is -2.22. The number of fused-ring (bicyclic) bond motifs is 3. The van der Waals surface area contributed by atoms with Crippen molar-refractivity contribution in [2.45, 2.75) is 36.6 Å². The Labute approximate surface area is 162 Å². The van der Waals surface area contributed by atoms with E-state index in [0.717, 1.165) is 48.7 Å². The lowest BCUT2D eigenvalue weighted by atomic mass is 10.1. The van der Waals surface area contributed by atoms with E-state index in [4.69, 9.17) is 0 Å². The number of ketones is 1. The van der Waals surface area contributed by atoms with Crippen LogP contribution in [0.2, 0.25) is 0 Å². The van der Waals surface area contributed by atoms with Crippen LogP contribution in [-0.4, -0.2) is 20.6 Å². The third-order valence-corrected chi connectivity index (χ3v) is 7.09. The number of carbonyl (C=O) groups is 1. The smallest absolute Gasteiger partial charge is 0.262 e. The molecule has 0 spiro atoms. The topological polar surface area (TPSA) is 52.0 Å². The van der Waals surface area contributed by atoms with Gasteiger partial charge in [-0.2, -0.15) is 0 Å². The second-order valence-electron chi connectivity index (χ2n) is 6.55. The van der Waals surface area contributed by atoms with Gasteiger partial charge < -0.3 is 0 Å². The third kappa shape index (κ3) is 3.10. The normalized spacial score (nSPS) is 14.5. The van der Waals surface area contributed by atoms with E-state index in [-0.39, 0.29) is 16.9 Å². The van der Waals surface area contributed by atoms with Crippen LogP contribution in [0.1, 0.15) is 34.1 Å². The van der Waals surface area contributed by atoms with Gasteiger partial charge in [0.2, 0.25) is 0 Å². The van der Waals surface area contributed by atoms with E-state index in [1.54, 1.807) is 25.3 Å². The molecule has 1 aromatic carbocycles. The fourth-order valence-electron chi connectivity index (χ4n) is 3.31. The minimum Gasteiger partial charge on any atom is -0.293 e. The van der Waals surface area contributed by atoms with Crippen LogP contribution in [-0.2, 0) is 19.9 Å². The van der Waals surface area contributed by atoms with Gasteiger partial charge in [0.05, 0.1) is 10.6 Å². The zero-order chi connectivity index (χ0) is 19.3. The van der Waals surface area contributed by atoms with Gasteiger partial charge in [0.15, 0.2) is 22.6 Å². The fraction of sp³-hybridized carbons (Fsp3) is 0.316. The summed E-state index contributed by atoms with van der Waals surface area (Å²) in [5.41, 5.74) is 1.11. The van der Waals surface area contributed by atoms with E-state index in [9.17, 15) is 18.4 Å². The highest BCUT2D eigenvalue weighted by atomic mass is 32.2. The van der Waals surface area contributed by atoms with Gasteiger partial charge in [0.25, 0.3) is 5.56 Å². The Balaban J connectivity index is 1.66. The Morgan fingerprint density at radius 1 is 1.30 bits per heavy atom. The van der Waals surface area contributed by atoms with E-state index in [1.807, 2.05) is 0 Å². The van der Waals surface area contributed by atoms with Gasteiger partial charge in [-0.15, -0.1) is 11.3 Å². The molecule has 2 heterocycles. The second-order valence-corrected chi connectivity index (χ2v) is 8.94. The Bertz CT molecular complexity index is 1140. The van der Waals surface area contributed by atoms with Crippen LogP contribution >= 0.6 is 23.1 Å². The fourth-order valence-corrected chi connectivity index (χ4v) is 5.56. The van der Waals surface area contributed by atoms with Crippen molar-refractivity contribution < 1.29 is 13.6 Å². The van der Waals surface area contributed by atoms with Gasteiger partial charge in [0.1, 0.15) is 4.83 Å². The average Bonchev–Trinajstić information content (AvgIpc) is 3.21. The maximum Gasteiger partial charge on any atom is 0.262 e. The Hall–Kier alpha value is -2.06. The molecule has 0 fully saturated rings. The zero-order valence-electron chi connectivity index (χ0n) is 14.7. The molecule has 2 aromatic heterocycles. The summed E-state index contributed by atoms with van der Waals surface area (Å²) < 4.78 is 28.0. The van der Waals surface area contributed by atoms with Crippen molar-refractivity contribution in [3.63, 3.8) is 0 Å². The number of nitrogens with zero attached hydrogens (tertiary/aromatic N) is 2. The van der Waals surface area contributed by atoms with Crippen molar-refractivity contribution in [1.29, 1.82) is 0 Å². The van der Waals surface area contributed by atoms with Crippen LogP contribution in [0.5, 0.6) is 0 Å². The molecule has 4 nitrogen and oxygen atoms in total. The minimum absolute atomic E-state index is 0.0927. The molecule has 0 bridgehead atoms. The van der Waals surface area contributed by atoms with Crippen LogP contribution in [0.15, 0.2) is 28.2 Å². The molecular formula is C19H16F2N2O2S2. The minimum atomic E-state index is -1.06. The predicted molar refractivity (Wildman–Crippen MR) is 103 cm³/mol. The summed E-state index contributed by atoms with van der Waals surface area (Å²) in [5, 5.41) is 0.534. The Morgan fingerprint density at radius 3 is 2.81 bits per heavy atom. The highest BCUT2D eigenvalue weighted by Crippen LogP contribution is 2.36.